The number of nitrogens with zero attached hydrogens (tertiary/aromatic N) is 3. The van der Waals surface area contributed by atoms with Crippen LogP contribution in [0.15, 0.2) is 12.4 Å². The van der Waals surface area contributed by atoms with Crippen LogP contribution >= 0.6 is 0 Å². The zero-order chi connectivity index (χ0) is 15.4. The minimum atomic E-state index is -0.0967. The van der Waals surface area contributed by atoms with E-state index in [1.165, 1.54) is 0 Å². The second-order valence-corrected chi connectivity index (χ2v) is 5.84. The molecule has 120 valence electrons. The summed E-state index contributed by atoms with van der Waals surface area (Å²) >= 11 is 0. The molecule has 0 bridgehead atoms. The molecule has 1 aromatic heterocycles. The third kappa shape index (κ3) is 3.38. The van der Waals surface area contributed by atoms with Gasteiger partial charge < -0.3 is 14.4 Å². The molecule has 6 nitrogen and oxygen atoms in total. The van der Waals surface area contributed by atoms with Crippen molar-refractivity contribution in [2.45, 2.75) is 38.7 Å². The molecular formula is C16H23N3O3. The summed E-state index contributed by atoms with van der Waals surface area (Å²) in [6, 6.07) is 2.00. The second kappa shape index (κ2) is 7.05. The molecule has 2 aliphatic rings. The summed E-state index contributed by atoms with van der Waals surface area (Å²) in [4.78, 5) is 22.8. The van der Waals surface area contributed by atoms with Crippen molar-refractivity contribution in [2.75, 3.05) is 31.2 Å². The summed E-state index contributed by atoms with van der Waals surface area (Å²) in [5, 5.41) is 0. The maximum atomic E-state index is 11.9. The lowest BCUT2D eigenvalue weighted by Crippen LogP contribution is -2.40. The molecule has 2 saturated heterocycles. The SMILES string of the molecule is CCOC(=O)C1CCCN(c2cc(C3CCCO3)ncn2)C1. The van der Waals surface area contributed by atoms with E-state index in [1.54, 1.807) is 6.33 Å². The summed E-state index contributed by atoms with van der Waals surface area (Å²) in [5.74, 6) is 0.727. The molecule has 0 amide bonds. The van der Waals surface area contributed by atoms with E-state index in [-0.39, 0.29) is 18.0 Å². The third-order valence-electron chi connectivity index (χ3n) is 4.30. The van der Waals surface area contributed by atoms with Crippen molar-refractivity contribution in [3.63, 3.8) is 0 Å². The third-order valence-corrected chi connectivity index (χ3v) is 4.30. The summed E-state index contributed by atoms with van der Waals surface area (Å²) in [7, 11) is 0. The lowest BCUT2D eigenvalue weighted by atomic mass is 9.98. The predicted molar refractivity (Wildman–Crippen MR) is 81.5 cm³/mol. The van der Waals surface area contributed by atoms with Gasteiger partial charge in [-0.1, -0.05) is 0 Å². The maximum Gasteiger partial charge on any atom is 0.310 e. The minimum absolute atomic E-state index is 0.0603. The molecule has 0 aliphatic carbocycles. The van der Waals surface area contributed by atoms with E-state index in [2.05, 4.69) is 14.9 Å². The van der Waals surface area contributed by atoms with Gasteiger partial charge in [0, 0.05) is 25.8 Å². The van der Waals surface area contributed by atoms with Gasteiger partial charge in [-0.25, -0.2) is 9.97 Å². The standard InChI is InChI=1S/C16H23N3O3/c1-2-21-16(20)12-5-3-7-19(10-12)15-9-13(17-11-18-15)14-6-4-8-22-14/h9,11-12,14H,2-8,10H2,1H3. The first-order valence-corrected chi connectivity index (χ1v) is 8.13. The fourth-order valence-corrected chi connectivity index (χ4v) is 3.16. The van der Waals surface area contributed by atoms with Crippen LogP contribution in [-0.2, 0) is 14.3 Å². The molecular weight excluding hydrogens is 282 g/mol. The lowest BCUT2D eigenvalue weighted by molar-refractivity contribution is -0.148. The van der Waals surface area contributed by atoms with Crippen molar-refractivity contribution in [2.24, 2.45) is 5.92 Å². The predicted octanol–water partition coefficient (Wildman–Crippen LogP) is 2.11. The molecule has 2 aliphatic heterocycles. The fraction of sp³-hybridized carbons (Fsp3) is 0.688. The number of carbonyl (C=O) groups is 1. The van der Waals surface area contributed by atoms with Crippen LogP contribution in [0.1, 0.15) is 44.4 Å². The van der Waals surface area contributed by atoms with Gasteiger partial charge in [-0.2, -0.15) is 0 Å². The number of piperidine rings is 1. The van der Waals surface area contributed by atoms with E-state index < -0.39 is 0 Å². The molecule has 3 rings (SSSR count). The highest BCUT2D eigenvalue weighted by atomic mass is 16.5. The molecule has 0 radical (unpaired) electrons. The van der Waals surface area contributed by atoms with E-state index in [9.17, 15) is 4.79 Å². The number of aromatic nitrogens is 2. The molecule has 2 atom stereocenters. The Balaban J connectivity index is 1.70. The van der Waals surface area contributed by atoms with Crippen molar-refractivity contribution in [3.05, 3.63) is 18.1 Å². The summed E-state index contributed by atoms with van der Waals surface area (Å²) in [5.41, 5.74) is 0.945. The highest BCUT2D eigenvalue weighted by molar-refractivity contribution is 5.73. The molecule has 2 fully saturated rings. The van der Waals surface area contributed by atoms with Crippen molar-refractivity contribution in [3.8, 4) is 0 Å². The Morgan fingerprint density at radius 1 is 1.41 bits per heavy atom. The van der Waals surface area contributed by atoms with Crippen LogP contribution in [0, 0.1) is 5.92 Å². The smallest absolute Gasteiger partial charge is 0.310 e. The zero-order valence-corrected chi connectivity index (χ0v) is 13.0. The number of ether oxygens (including phenoxy) is 2. The van der Waals surface area contributed by atoms with Crippen LogP contribution in [-0.4, -0.2) is 42.2 Å². The van der Waals surface area contributed by atoms with Crippen molar-refractivity contribution < 1.29 is 14.3 Å². The molecule has 0 N–H and O–H groups in total. The number of esters is 1. The second-order valence-electron chi connectivity index (χ2n) is 5.84. The minimum Gasteiger partial charge on any atom is -0.466 e. The molecule has 6 heteroatoms. The highest BCUT2D eigenvalue weighted by Crippen LogP contribution is 2.29. The maximum absolute atomic E-state index is 11.9. The van der Waals surface area contributed by atoms with Crippen LogP contribution in [0.2, 0.25) is 0 Å². The molecule has 0 aromatic carbocycles. The quantitative estimate of drug-likeness (QED) is 0.794. The van der Waals surface area contributed by atoms with Gasteiger partial charge in [0.25, 0.3) is 0 Å². The molecule has 0 spiro atoms. The average Bonchev–Trinajstić information content (AvgIpc) is 3.10. The number of anilines is 1. The van der Waals surface area contributed by atoms with Crippen LogP contribution < -0.4 is 4.90 Å². The van der Waals surface area contributed by atoms with Gasteiger partial charge in [0.2, 0.25) is 0 Å². The van der Waals surface area contributed by atoms with E-state index in [0.717, 1.165) is 50.3 Å². The summed E-state index contributed by atoms with van der Waals surface area (Å²) in [6.07, 6.45) is 5.65. The molecule has 1 aromatic rings. The van der Waals surface area contributed by atoms with Gasteiger partial charge in [-0.3, -0.25) is 4.79 Å². The van der Waals surface area contributed by atoms with Crippen molar-refractivity contribution in [1.29, 1.82) is 0 Å². The van der Waals surface area contributed by atoms with Crippen molar-refractivity contribution in [1.82, 2.24) is 9.97 Å². The first-order chi connectivity index (χ1) is 10.8. The molecule has 0 saturated carbocycles. The normalized spacial score (nSPS) is 25.2. The van der Waals surface area contributed by atoms with Gasteiger partial charge in [0.05, 0.1) is 24.3 Å². The van der Waals surface area contributed by atoms with Crippen LogP contribution in [0.3, 0.4) is 0 Å². The summed E-state index contributed by atoms with van der Waals surface area (Å²) < 4.78 is 10.8. The van der Waals surface area contributed by atoms with Crippen molar-refractivity contribution >= 4 is 11.8 Å². The average molecular weight is 305 g/mol. The van der Waals surface area contributed by atoms with Gasteiger partial charge in [-0.05, 0) is 32.6 Å². The van der Waals surface area contributed by atoms with Crippen LogP contribution in [0.25, 0.3) is 0 Å². The number of hydrogen-bond acceptors (Lipinski definition) is 6. The zero-order valence-electron chi connectivity index (χ0n) is 13.0. The Labute approximate surface area is 130 Å². The molecule has 3 heterocycles. The largest absolute Gasteiger partial charge is 0.466 e. The van der Waals surface area contributed by atoms with Gasteiger partial charge in [-0.15, -0.1) is 0 Å². The monoisotopic (exact) mass is 305 g/mol. The van der Waals surface area contributed by atoms with E-state index >= 15 is 0 Å². The Bertz CT molecular complexity index is 517. The number of rotatable bonds is 4. The first kappa shape index (κ1) is 15.2. The Morgan fingerprint density at radius 3 is 3.09 bits per heavy atom. The van der Waals surface area contributed by atoms with Gasteiger partial charge in [0.15, 0.2) is 0 Å². The van der Waals surface area contributed by atoms with E-state index in [0.29, 0.717) is 13.2 Å². The molecule has 22 heavy (non-hydrogen) atoms. The van der Waals surface area contributed by atoms with E-state index in [1.807, 2.05) is 13.0 Å². The molecule has 2 unspecified atom stereocenters. The van der Waals surface area contributed by atoms with Gasteiger partial charge in [0.1, 0.15) is 12.1 Å². The lowest BCUT2D eigenvalue weighted by Gasteiger charge is -2.32. The van der Waals surface area contributed by atoms with Crippen LogP contribution in [0.5, 0.6) is 0 Å². The summed E-state index contributed by atoms with van der Waals surface area (Å²) in [6.45, 7) is 4.67. The van der Waals surface area contributed by atoms with E-state index in [4.69, 9.17) is 9.47 Å². The fourth-order valence-electron chi connectivity index (χ4n) is 3.16. The number of carbonyl (C=O) groups excluding carboxylic acids is 1. The Morgan fingerprint density at radius 2 is 2.32 bits per heavy atom. The Hall–Kier alpha value is -1.69. The first-order valence-electron chi connectivity index (χ1n) is 8.13. The number of hydrogen-bond donors (Lipinski definition) is 0. The van der Waals surface area contributed by atoms with Crippen LogP contribution in [0.4, 0.5) is 5.82 Å². The van der Waals surface area contributed by atoms with Gasteiger partial charge >= 0.3 is 5.97 Å². The topological polar surface area (TPSA) is 64.5 Å². The highest BCUT2D eigenvalue weighted by Gasteiger charge is 2.28. The Kier molecular flexibility index (Phi) is 4.87.